The maximum Gasteiger partial charge on any atom is 0.382 e. The molecule has 0 heterocycles. The van der Waals surface area contributed by atoms with E-state index in [1.165, 1.54) is 26.2 Å². The molecule has 1 aromatic rings. The van der Waals surface area contributed by atoms with Crippen molar-refractivity contribution in [1.29, 1.82) is 0 Å². The van der Waals surface area contributed by atoms with Crippen LogP contribution in [0.1, 0.15) is 38.8 Å². The van der Waals surface area contributed by atoms with Crippen LogP contribution < -0.4 is 4.74 Å². The van der Waals surface area contributed by atoms with Gasteiger partial charge in [0.05, 0.1) is 19.3 Å². The molecule has 0 N–H and O–H groups in total. The Morgan fingerprint density at radius 2 is 1.85 bits per heavy atom. The fraction of sp³-hybridized carbons (Fsp3) is 0.533. The van der Waals surface area contributed by atoms with Gasteiger partial charge in [0.2, 0.25) is 0 Å². The molecular weight excluding hydrogens is 266 g/mol. The van der Waals surface area contributed by atoms with Crippen molar-refractivity contribution < 1.29 is 23.0 Å². The maximum absolute atomic E-state index is 14.2. The molecule has 0 amide bonds. The molecule has 0 bridgehead atoms. The number of alkyl halides is 2. The number of hydrogen-bond acceptors (Lipinski definition) is 3. The Morgan fingerprint density at radius 1 is 1.25 bits per heavy atom. The highest BCUT2D eigenvalue weighted by atomic mass is 19.3. The van der Waals surface area contributed by atoms with Crippen LogP contribution in [0.2, 0.25) is 0 Å². The topological polar surface area (TPSA) is 35.5 Å². The van der Waals surface area contributed by atoms with Gasteiger partial charge in [-0.15, -0.1) is 0 Å². The number of esters is 1. The van der Waals surface area contributed by atoms with Crippen LogP contribution >= 0.6 is 0 Å². The zero-order chi connectivity index (χ0) is 15.6. The van der Waals surface area contributed by atoms with Crippen LogP contribution in [0.15, 0.2) is 18.2 Å². The minimum atomic E-state index is -3.73. The van der Waals surface area contributed by atoms with E-state index >= 15 is 0 Å². The van der Waals surface area contributed by atoms with E-state index < -0.39 is 17.5 Å². The lowest BCUT2D eigenvalue weighted by atomic mass is 9.85. The van der Waals surface area contributed by atoms with E-state index in [0.29, 0.717) is 5.56 Å². The van der Waals surface area contributed by atoms with Crippen molar-refractivity contribution in [3.8, 4) is 5.75 Å². The molecule has 0 saturated carbocycles. The maximum atomic E-state index is 14.2. The van der Waals surface area contributed by atoms with E-state index in [1.807, 2.05) is 20.8 Å². The lowest BCUT2D eigenvalue weighted by Crippen LogP contribution is -2.29. The van der Waals surface area contributed by atoms with Gasteiger partial charge >= 0.3 is 11.9 Å². The van der Waals surface area contributed by atoms with E-state index in [0.717, 1.165) is 0 Å². The summed E-state index contributed by atoms with van der Waals surface area (Å²) in [4.78, 5) is 11.5. The van der Waals surface area contributed by atoms with Gasteiger partial charge in [0.15, 0.2) is 0 Å². The molecule has 0 spiro atoms. The molecule has 0 saturated heterocycles. The van der Waals surface area contributed by atoms with Crippen molar-refractivity contribution in [3.63, 3.8) is 0 Å². The highest BCUT2D eigenvalue weighted by Gasteiger charge is 2.45. The van der Waals surface area contributed by atoms with Gasteiger partial charge in [0.1, 0.15) is 5.75 Å². The SMILES string of the molecule is CCOC(=O)C(F)(F)c1cc(C(C)(C)C)ccc1OC. The molecule has 0 atom stereocenters. The Morgan fingerprint density at radius 3 is 2.30 bits per heavy atom. The van der Waals surface area contributed by atoms with Gasteiger partial charge < -0.3 is 9.47 Å². The summed E-state index contributed by atoms with van der Waals surface area (Å²) in [7, 11) is 1.29. The van der Waals surface area contributed by atoms with E-state index in [2.05, 4.69) is 4.74 Å². The molecule has 0 aliphatic heterocycles. The first-order valence-corrected chi connectivity index (χ1v) is 6.38. The Bertz CT molecular complexity index is 490. The molecule has 20 heavy (non-hydrogen) atoms. The number of hydrogen-bond donors (Lipinski definition) is 0. The van der Waals surface area contributed by atoms with Gasteiger partial charge in [-0.05, 0) is 30.0 Å². The van der Waals surface area contributed by atoms with Crippen LogP contribution in [0, 0.1) is 0 Å². The van der Waals surface area contributed by atoms with Crippen molar-refractivity contribution in [3.05, 3.63) is 29.3 Å². The second-order valence-corrected chi connectivity index (χ2v) is 5.46. The van der Waals surface area contributed by atoms with Gasteiger partial charge in [-0.1, -0.05) is 26.8 Å². The lowest BCUT2D eigenvalue weighted by Gasteiger charge is -2.23. The summed E-state index contributed by atoms with van der Waals surface area (Å²) in [6, 6.07) is 4.46. The summed E-state index contributed by atoms with van der Waals surface area (Å²) in [6.07, 6.45) is 0. The first-order valence-electron chi connectivity index (χ1n) is 6.38. The van der Waals surface area contributed by atoms with Gasteiger partial charge in [-0.25, -0.2) is 4.79 Å². The number of carbonyl (C=O) groups is 1. The van der Waals surface area contributed by atoms with Gasteiger partial charge in [-0.3, -0.25) is 0 Å². The van der Waals surface area contributed by atoms with Gasteiger partial charge in [-0.2, -0.15) is 8.78 Å². The number of benzene rings is 1. The smallest absolute Gasteiger partial charge is 0.382 e. The van der Waals surface area contributed by atoms with Crippen LogP contribution in [0.25, 0.3) is 0 Å². The highest BCUT2D eigenvalue weighted by Crippen LogP contribution is 2.38. The van der Waals surface area contributed by atoms with Crippen molar-refractivity contribution in [2.75, 3.05) is 13.7 Å². The van der Waals surface area contributed by atoms with Crippen molar-refractivity contribution in [2.24, 2.45) is 0 Å². The van der Waals surface area contributed by atoms with Gasteiger partial charge in [0.25, 0.3) is 0 Å². The zero-order valence-corrected chi connectivity index (χ0v) is 12.4. The summed E-state index contributed by atoms with van der Waals surface area (Å²) in [5.41, 5.74) is -0.0886. The molecule has 0 aliphatic rings. The molecule has 0 fully saturated rings. The summed E-state index contributed by atoms with van der Waals surface area (Å²) < 4.78 is 37.8. The minimum absolute atomic E-state index is 0.0314. The van der Waals surface area contributed by atoms with Crippen LogP contribution in [0.3, 0.4) is 0 Å². The third-order valence-electron chi connectivity index (χ3n) is 2.94. The van der Waals surface area contributed by atoms with Crippen molar-refractivity contribution in [1.82, 2.24) is 0 Å². The van der Waals surface area contributed by atoms with E-state index in [1.54, 1.807) is 6.07 Å². The standard InChI is InChI=1S/C15H20F2O3/c1-6-20-13(18)15(16,17)11-9-10(14(2,3)4)7-8-12(11)19-5/h7-9H,6H2,1-5H3. The second-order valence-electron chi connectivity index (χ2n) is 5.46. The lowest BCUT2D eigenvalue weighted by molar-refractivity contribution is -0.173. The molecule has 112 valence electrons. The number of rotatable bonds is 4. The Kier molecular flexibility index (Phi) is 4.73. The molecule has 3 nitrogen and oxygen atoms in total. The molecule has 5 heteroatoms. The van der Waals surface area contributed by atoms with Crippen LogP contribution in [0.4, 0.5) is 8.78 Å². The first kappa shape index (κ1) is 16.4. The quantitative estimate of drug-likeness (QED) is 0.793. The predicted molar refractivity (Wildman–Crippen MR) is 72.2 cm³/mol. The second kappa shape index (κ2) is 5.77. The Balaban J connectivity index is 3.37. The molecule has 0 aromatic heterocycles. The Labute approximate surface area is 117 Å². The third kappa shape index (κ3) is 3.26. The van der Waals surface area contributed by atoms with Gasteiger partial charge in [0, 0.05) is 0 Å². The average Bonchev–Trinajstić information content (AvgIpc) is 2.37. The summed E-state index contributed by atoms with van der Waals surface area (Å²) in [5.74, 6) is -5.33. The van der Waals surface area contributed by atoms with E-state index in [9.17, 15) is 13.6 Å². The molecule has 1 rings (SSSR count). The Hall–Kier alpha value is -1.65. The number of methoxy groups -OCH3 is 1. The number of ether oxygens (including phenoxy) is 2. The average molecular weight is 286 g/mol. The number of carbonyl (C=O) groups excluding carboxylic acids is 1. The summed E-state index contributed by atoms with van der Waals surface area (Å²) in [6.45, 7) is 7.09. The van der Waals surface area contributed by atoms with E-state index in [4.69, 9.17) is 4.74 Å². The summed E-state index contributed by atoms with van der Waals surface area (Å²) >= 11 is 0. The predicted octanol–water partition coefficient (Wildman–Crippen LogP) is 3.65. The third-order valence-corrected chi connectivity index (χ3v) is 2.94. The largest absolute Gasteiger partial charge is 0.496 e. The molecule has 0 aliphatic carbocycles. The molecule has 0 unspecified atom stereocenters. The molecule has 1 aromatic carbocycles. The minimum Gasteiger partial charge on any atom is -0.496 e. The monoisotopic (exact) mass is 286 g/mol. The molecular formula is C15H20F2O3. The zero-order valence-electron chi connectivity index (χ0n) is 12.4. The first-order chi connectivity index (χ1) is 9.14. The van der Waals surface area contributed by atoms with Crippen LogP contribution in [-0.2, 0) is 20.9 Å². The van der Waals surface area contributed by atoms with Crippen LogP contribution in [-0.4, -0.2) is 19.7 Å². The highest BCUT2D eigenvalue weighted by molar-refractivity contribution is 5.80. The van der Waals surface area contributed by atoms with E-state index in [-0.39, 0.29) is 17.8 Å². The van der Waals surface area contributed by atoms with Crippen molar-refractivity contribution >= 4 is 5.97 Å². The summed E-state index contributed by atoms with van der Waals surface area (Å²) in [5, 5.41) is 0. The molecule has 0 radical (unpaired) electrons. The van der Waals surface area contributed by atoms with Crippen molar-refractivity contribution in [2.45, 2.75) is 39.0 Å². The fourth-order valence-electron chi connectivity index (χ4n) is 1.75. The number of halogens is 2. The fourth-order valence-corrected chi connectivity index (χ4v) is 1.75. The normalized spacial score (nSPS) is 12.2. The van der Waals surface area contributed by atoms with Crippen LogP contribution in [0.5, 0.6) is 5.75 Å².